The number of nitrogens with zero attached hydrogens (tertiary/aromatic N) is 5. The molecule has 1 aromatic carbocycles. The van der Waals surface area contributed by atoms with Crippen molar-refractivity contribution in [3.63, 3.8) is 0 Å². The van der Waals surface area contributed by atoms with E-state index in [4.69, 9.17) is 10.7 Å². The molecule has 2 aromatic rings. The fourth-order valence-electron chi connectivity index (χ4n) is 3.61. The van der Waals surface area contributed by atoms with Crippen molar-refractivity contribution < 1.29 is 0 Å². The van der Waals surface area contributed by atoms with Gasteiger partial charge in [-0.3, -0.25) is 4.99 Å². The Morgan fingerprint density at radius 2 is 1.70 bits per heavy atom. The van der Waals surface area contributed by atoms with Crippen LogP contribution in [0.3, 0.4) is 0 Å². The molecule has 1 aliphatic heterocycles. The highest BCUT2D eigenvalue weighted by atomic mass is 127. The van der Waals surface area contributed by atoms with Gasteiger partial charge in [0.2, 0.25) is 5.95 Å². The van der Waals surface area contributed by atoms with E-state index in [1.807, 2.05) is 6.07 Å². The maximum atomic E-state index is 6.31. The van der Waals surface area contributed by atoms with Crippen LogP contribution < -0.4 is 10.6 Å². The first-order valence-corrected chi connectivity index (χ1v) is 9.43. The third-order valence-corrected chi connectivity index (χ3v) is 5.31. The average molecular weight is 478 g/mol. The number of hydrogen-bond acceptors (Lipinski definition) is 4. The highest BCUT2D eigenvalue weighted by Crippen LogP contribution is 2.42. The van der Waals surface area contributed by atoms with E-state index < -0.39 is 0 Å². The molecule has 27 heavy (non-hydrogen) atoms. The predicted octanol–water partition coefficient (Wildman–Crippen LogP) is 2.73. The summed E-state index contributed by atoms with van der Waals surface area (Å²) in [6, 6.07) is 12.6. The van der Waals surface area contributed by atoms with E-state index in [0.29, 0.717) is 11.9 Å². The lowest BCUT2D eigenvalue weighted by Crippen LogP contribution is -2.51. The molecule has 1 unspecified atom stereocenters. The number of benzene rings is 1. The summed E-state index contributed by atoms with van der Waals surface area (Å²) < 4.78 is 0. The van der Waals surface area contributed by atoms with Crippen LogP contribution in [0.15, 0.2) is 53.8 Å². The molecule has 0 spiro atoms. The number of hydrogen-bond donors (Lipinski definition) is 1. The molecule has 4 rings (SSSR count). The van der Waals surface area contributed by atoms with Crippen LogP contribution in [0.5, 0.6) is 0 Å². The van der Waals surface area contributed by atoms with E-state index in [1.54, 1.807) is 12.4 Å². The number of anilines is 1. The molecule has 1 saturated carbocycles. The molecule has 7 heteroatoms. The number of aliphatic imine (C=N–C) groups is 1. The fraction of sp³-hybridized carbons (Fsp3) is 0.450. The molecule has 1 aromatic heterocycles. The van der Waals surface area contributed by atoms with Gasteiger partial charge in [0, 0.05) is 51.0 Å². The van der Waals surface area contributed by atoms with Crippen LogP contribution in [0.25, 0.3) is 0 Å². The Labute approximate surface area is 177 Å². The molecule has 1 atom stereocenters. The summed E-state index contributed by atoms with van der Waals surface area (Å²) >= 11 is 0. The summed E-state index contributed by atoms with van der Waals surface area (Å²) in [6.45, 7) is 4.22. The Balaban J connectivity index is 0.00000210. The lowest BCUT2D eigenvalue weighted by atomic mass is 9.94. The van der Waals surface area contributed by atoms with Crippen molar-refractivity contribution in [1.29, 1.82) is 0 Å². The number of aromatic nitrogens is 2. The molecule has 1 aliphatic carbocycles. The first kappa shape index (κ1) is 19.9. The molecule has 1 saturated heterocycles. The number of nitrogens with two attached hydrogens (primary N) is 1. The molecule has 6 nitrogen and oxygen atoms in total. The Kier molecular flexibility index (Phi) is 6.87. The predicted molar refractivity (Wildman–Crippen MR) is 120 cm³/mol. The van der Waals surface area contributed by atoms with Crippen molar-refractivity contribution in [2.24, 2.45) is 16.6 Å². The molecular weight excluding hydrogens is 451 g/mol. The fourth-order valence-corrected chi connectivity index (χ4v) is 3.61. The quantitative estimate of drug-likeness (QED) is 0.407. The van der Waals surface area contributed by atoms with Gasteiger partial charge in [-0.05, 0) is 30.4 Å². The Hall–Kier alpha value is -1.90. The Morgan fingerprint density at radius 1 is 1.04 bits per heavy atom. The first-order chi connectivity index (χ1) is 12.8. The molecule has 0 radical (unpaired) electrons. The van der Waals surface area contributed by atoms with Gasteiger partial charge < -0.3 is 15.5 Å². The van der Waals surface area contributed by atoms with E-state index in [2.05, 4.69) is 50.1 Å². The Bertz CT molecular complexity index is 727. The largest absolute Gasteiger partial charge is 0.370 e. The topological polar surface area (TPSA) is 70.6 Å². The van der Waals surface area contributed by atoms with Crippen LogP contribution in [0.4, 0.5) is 5.95 Å². The van der Waals surface area contributed by atoms with E-state index in [9.17, 15) is 0 Å². The number of piperazine rings is 1. The minimum atomic E-state index is 0. The molecule has 0 amide bonds. The molecular formula is C20H27IN6. The minimum absolute atomic E-state index is 0. The van der Waals surface area contributed by atoms with Crippen molar-refractivity contribution in [3.8, 4) is 0 Å². The van der Waals surface area contributed by atoms with Crippen molar-refractivity contribution in [2.75, 3.05) is 37.6 Å². The smallest absolute Gasteiger partial charge is 0.225 e. The average Bonchev–Trinajstić information content (AvgIpc) is 3.55. The van der Waals surface area contributed by atoms with Gasteiger partial charge >= 0.3 is 0 Å². The summed E-state index contributed by atoms with van der Waals surface area (Å²) in [5.41, 5.74) is 7.69. The van der Waals surface area contributed by atoms with Crippen LogP contribution >= 0.6 is 24.0 Å². The molecule has 2 heterocycles. The Morgan fingerprint density at radius 3 is 2.33 bits per heavy atom. The molecule has 144 valence electrons. The van der Waals surface area contributed by atoms with Gasteiger partial charge in [-0.25, -0.2) is 9.97 Å². The van der Waals surface area contributed by atoms with E-state index in [1.165, 1.54) is 18.4 Å². The zero-order valence-corrected chi connectivity index (χ0v) is 17.8. The van der Waals surface area contributed by atoms with Crippen LogP contribution in [0, 0.1) is 5.92 Å². The van der Waals surface area contributed by atoms with Crippen LogP contribution in [-0.4, -0.2) is 53.6 Å². The maximum Gasteiger partial charge on any atom is 0.225 e. The van der Waals surface area contributed by atoms with Crippen molar-refractivity contribution in [1.82, 2.24) is 14.9 Å². The summed E-state index contributed by atoms with van der Waals surface area (Å²) in [5, 5.41) is 0. The van der Waals surface area contributed by atoms with Crippen LogP contribution in [0.2, 0.25) is 0 Å². The van der Waals surface area contributed by atoms with Gasteiger partial charge in [0.25, 0.3) is 0 Å². The maximum absolute atomic E-state index is 6.31. The normalized spacial score (nSPS) is 18.7. The molecule has 2 N–H and O–H groups in total. The van der Waals surface area contributed by atoms with Gasteiger partial charge in [0.15, 0.2) is 5.96 Å². The lowest BCUT2D eigenvalue weighted by molar-refractivity contribution is 0.377. The lowest BCUT2D eigenvalue weighted by Gasteiger charge is -2.35. The van der Waals surface area contributed by atoms with E-state index in [-0.39, 0.29) is 24.0 Å². The molecule has 2 fully saturated rings. The van der Waals surface area contributed by atoms with Gasteiger partial charge in [-0.2, -0.15) is 0 Å². The summed E-state index contributed by atoms with van der Waals surface area (Å²) in [5.74, 6) is 2.72. The highest BCUT2D eigenvalue weighted by molar-refractivity contribution is 14.0. The van der Waals surface area contributed by atoms with Crippen molar-refractivity contribution in [2.45, 2.75) is 18.8 Å². The third kappa shape index (κ3) is 5.09. The zero-order chi connectivity index (χ0) is 17.8. The second-order valence-electron chi connectivity index (χ2n) is 7.08. The van der Waals surface area contributed by atoms with Gasteiger partial charge in [-0.15, -0.1) is 24.0 Å². The number of rotatable bonds is 5. The van der Waals surface area contributed by atoms with Crippen LogP contribution in [0.1, 0.15) is 24.3 Å². The zero-order valence-electron chi connectivity index (χ0n) is 15.4. The van der Waals surface area contributed by atoms with Crippen LogP contribution in [-0.2, 0) is 0 Å². The van der Waals surface area contributed by atoms with Gasteiger partial charge in [-0.1, -0.05) is 30.3 Å². The summed E-state index contributed by atoms with van der Waals surface area (Å²) in [7, 11) is 0. The van der Waals surface area contributed by atoms with Crippen molar-refractivity contribution in [3.05, 3.63) is 54.4 Å². The highest BCUT2D eigenvalue weighted by Gasteiger charge is 2.32. The molecule has 0 bridgehead atoms. The molecule has 2 aliphatic rings. The van der Waals surface area contributed by atoms with Gasteiger partial charge in [0.1, 0.15) is 0 Å². The van der Waals surface area contributed by atoms with E-state index in [0.717, 1.165) is 44.6 Å². The minimum Gasteiger partial charge on any atom is -0.370 e. The second kappa shape index (κ2) is 9.34. The SMILES string of the molecule is I.NC(=NCC(c1ccccc1)C1CC1)N1CCN(c2ncccn2)CC1. The van der Waals surface area contributed by atoms with Gasteiger partial charge in [0.05, 0.1) is 0 Å². The first-order valence-electron chi connectivity index (χ1n) is 9.43. The number of guanidine groups is 1. The van der Waals surface area contributed by atoms with Crippen molar-refractivity contribution >= 4 is 35.9 Å². The standard InChI is InChI=1S/C20H26N6.HI/c21-19(24-15-18(17-7-8-17)16-5-2-1-3-6-16)25-11-13-26(14-12-25)20-22-9-4-10-23-20;/h1-6,9-10,17-18H,7-8,11-15H2,(H2,21,24);1H. The summed E-state index contributed by atoms with van der Waals surface area (Å²) in [6.07, 6.45) is 6.19. The third-order valence-electron chi connectivity index (χ3n) is 5.31. The summed E-state index contributed by atoms with van der Waals surface area (Å²) in [4.78, 5) is 17.8. The second-order valence-corrected chi connectivity index (χ2v) is 7.08. The monoisotopic (exact) mass is 478 g/mol. The number of halogens is 1. The van der Waals surface area contributed by atoms with E-state index >= 15 is 0 Å².